The number of nitrogens with two attached hydrogens (primary N) is 1. The Kier molecular flexibility index (Phi) is 26.8. The molecule has 4 aromatic rings. The van der Waals surface area contributed by atoms with Gasteiger partial charge >= 0.3 is 127 Å². The molecular formula is C35H35B2Cl3F6K3N7O2. The fourth-order valence-corrected chi connectivity index (χ4v) is 6.66. The minimum absolute atomic E-state index is 0. The number of aromatic nitrogens is 4. The van der Waals surface area contributed by atoms with Gasteiger partial charge in [-0.2, -0.15) is 26.3 Å². The zero-order valence-electron chi connectivity index (χ0n) is 33.1. The molecule has 0 spiro atoms. The topological polar surface area (TPSA) is 118 Å². The number of piperidine rings is 2. The summed E-state index contributed by atoms with van der Waals surface area (Å²) in [6, 6.07) is 16.1. The van der Waals surface area contributed by atoms with Gasteiger partial charge in [-0.3, -0.25) is 0 Å². The molecule has 0 atom stereocenters. The van der Waals surface area contributed by atoms with Crippen molar-refractivity contribution in [3.05, 3.63) is 110 Å². The molecule has 2 saturated heterocycles. The Balaban J connectivity index is 0.000000464. The molecular weight excluding hydrogens is 910 g/mol. The SMILES string of the molecule is FC(F)(F)c1cnc(Cl)nc1Cl.Nc1ccc(C2CCN([B]C=O)CC2)cc1.O=C[B]N1CCC(c2ccc(Cc3ncc(C(F)(F)F)c(Cl)n3)cc2)CC1.[H-].[K+].[K][K]. The van der Waals surface area contributed by atoms with E-state index in [1.54, 1.807) is 14.8 Å². The molecule has 58 heavy (non-hydrogen) atoms. The quantitative estimate of drug-likeness (QED) is 0.0696. The van der Waals surface area contributed by atoms with Crippen LogP contribution < -0.4 is 57.1 Å². The Morgan fingerprint density at radius 1 is 0.707 bits per heavy atom. The van der Waals surface area contributed by atoms with Crippen molar-refractivity contribution >= 4 is 131 Å². The number of benzene rings is 2. The van der Waals surface area contributed by atoms with Gasteiger partial charge in [-0.25, -0.2) is 19.9 Å². The normalized spacial score (nSPS) is 15.2. The first kappa shape index (κ1) is 55.3. The molecule has 2 fully saturated rings. The van der Waals surface area contributed by atoms with Gasteiger partial charge in [0, 0.05) is 24.5 Å². The van der Waals surface area contributed by atoms with Crippen LogP contribution in [0, 0.1) is 0 Å². The van der Waals surface area contributed by atoms with E-state index in [9.17, 15) is 35.9 Å². The average Bonchev–Trinajstić information content (AvgIpc) is 3.17. The maximum atomic E-state index is 12.7. The molecule has 2 aliphatic rings. The van der Waals surface area contributed by atoms with Gasteiger partial charge in [0.2, 0.25) is 5.28 Å². The number of anilines is 1. The molecule has 2 aliphatic heterocycles. The first-order valence-electron chi connectivity index (χ1n) is 17.9. The number of hydrogen-bond donors (Lipinski definition) is 1. The van der Waals surface area contributed by atoms with Gasteiger partial charge in [-0.1, -0.05) is 59.6 Å². The van der Waals surface area contributed by atoms with Crippen LogP contribution >= 0.6 is 34.8 Å². The standard InChI is InChI=1S/C18H17BClF3N3O.C12H16BN2O.C5HCl2F3N2.3K.H/c20-17-15(18(21,22)23)10-24-16(25-17)9-12-1-3-13(4-2-12)14-5-7-26(8-6-14)19-11-27;14-12-3-1-10(2-4-12)11-5-7-15(8-6-11)13-9-16;6-3-2(5(8,9)10)1-11-4(7)12-3;;;;/h1-4,10-11,14H,5-9H2;1-4,9,11H,5-8,14H2;1H;;;;/q;;;;;+1;-1. The van der Waals surface area contributed by atoms with E-state index in [-0.39, 0.29) is 63.9 Å². The van der Waals surface area contributed by atoms with E-state index < -0.39 is 33.8 Å². The third-order valence-corrected chi connectivity index (χ3v) is 9.70. The minimum atomic E-state index is -4.56. The van der Waals surface area contributed by atoms with Gasteiger partial charge in [0.05, 0.1) is 12.4 Å². The molecule has 0 bridgehead atoms. The summed E-state index contributed by atoms with van der Waals surface area (Å²) >= 11 is 18.5. The Labute approximate surface area is 439 Å². The Morgan fingerprint density at radius 2 is 1.10 bits per heavy atom. The van der Waals surface area contributed by atoms with E-state index in [4.69, 9.17) is 40.5 Å². The number of hydrogen-bond acceptors (Lipinski definition) is 9. The van der Waals surface area contributed by atoms with Crippen molar-refractivity contribution in [1.29, 1.82) is 0 Å². The van der Waals surface area contributed by atoms with Crippen molar-refractivity contribution in [2.24, 2.45) is 0 Å². The monoisotopic (exact) mass is 943 g/mol. The summed E-state index contributed by atoms with van der Waals surface area (Å²) < 4.78 is 74.0. The molecule has 294 valence electrons. The Bertz CT molecular complexity index is 1870. The van der Waals surface area contributed by atoms with Gasteiger partial charge in [-0.05, 0) is 104 Å². The third kappa shape index (κ3) is 19.1. The van der Waals surface area contributed by atoms with Crippen LogP contribution in [-0.2, 0) is 28.4 Å². The number of rotatable bonds is 8. The zero-order chi connectivity index (χ0) is 42.2. The van der Waals surface area contributed by atoms with Crippen LogP contribution in [0.2, 0.25) is 15.6 Å². The van der Waals surface area contributed by atoms with E-state index in [1.807, 2.05) is 41.2 Å². The Morgan fingerprint density at radius 3 is 1.48 bits per heavy atom. The van der Waals surface area contributed by atoms with Crippen LogP contribution in [0.1, 0.15) is 72.6 Å². The molecule has 9 nitrogen and oxygen atoms in total. The number of carbonyl (C=O) groups excluding carboxylic acids is 2. The number of nitrogens with zero attached hydrogens (tertiary/aromatic N) is 6. The average molecular weight is 945 g/mol. The van der Waals surface area contributed by atoms with Crippen LogP contribution in [0.3, 0.4) is 0 Å². The summed E-state index contributed by atoms with van der Waals surface area (Å²) in [5.74, 6) is 1.29. The number of alkyl halides is 6. The molecule has 6 rings (SSSR count). The van der Waals surface area contributed by atoms with Crippen molar-refractivity contribution in [3.8, 4) is 0 Å². The van der Waals surface area contributed by atoms with Gasteiger partial charge in [0.25, 0.3) is 14.8 Å². The van der Waals surface area contributed by atoms with Crippen molar-refractivity contribution in [2.45, 2.75) is 56.3 Å². The van der Waals surface area contributed by atoms with E-state index in [0.29, 0.717) is 24.5 Å². The summed E-state index contributed by atoms with van der Waals surface area (Å²) in [6.07, 6.45) is -1.69. The van der Waals surface area contributed by atoms with Gasteiger partial charge in [0.1, 0.15) is 27.3 Å². The fraction of sp³-hybridized carbons (Fsp3) is 0.371. The van der Waals surface area contributed by atoms with Crippen molar-refractivity contribution in [1.82, 2.24) is 29.6 Å². The molecule has 2 aromatic carbocycles. The fourth-order valence-electron chi connectivity index (χ4n) is 6.00. The van der Waals surface area contributed by atoms with Gasteiger partial charge in [0.15, 0.2) is 0 Å². The van der Waals surface area contributed by atoms with Crippen LogP contribution in [0.15, 0.2) is 60.9 Å². The van der Waals surface area contributed by atoms with Crippen LogP contribution in [0.4, 0.5) is 32.0 Å². The second-order valence-corrected chi connectivity index (χ2v) is 13.7. The molecule has 0 saturated carbocycles. The zero-order valence-corrected chi connectivity index (χ0v) is 43.7. The molecule has 0 aliphatic carbocycles. The predicted octanol–water partition coefficient (Wildman–Crippen LogP) is 4.14. The molecule has 0 unspecified atom stereocenters. The van der Waals surface area contributed by atoms with Gasteiger partial charge in [-0.15, -0.1) is 0 Å². The first-order valence-corrected chi connectivity index (χ1v) is 35.0. The number of nitrogen functional groups attached to an aromatic ring is 1. The summed E-state index contributed by atoms with van der Waals surface area (Å²) in [6.45, 7) is 3.63. The summed E-state index contributed by atoms with van der Waals surface area (Å²) in [7, 11) is 3.22. The van der Waals surface area contributed by atoms with Crippen molar-refractivity contribution < 1.29 is 88.7 Å². The van der Waals surface area contributed by atoms with Crippen LogP contribution in [-0.4, -0.2) is 146 Å². The van der Waals surface area contributed by atoms with E-state index in [1.165, 1.54) is 74.3 Å². The third-order valence-electron chi connectivity index (χ3n) is 8.94. The Hall–Kier alpha value is 1.15. The predicted molar refractivity (Wildman–Crippen MR) is 214 cm³/mol. The molecule has 4 heterocycles. The van der Waals surface area contributed by atoms with E-state index >= 15 is 0 Å². The first-order chi connectivity index (χ1) is 27.1. The van der Waals surface area contributed by atoms with E-state index in [0.717, 1.165) is 81.7 Å². The molecule has 2 aromatic heterocycles. The second-order valence-electron chi connectivity index (χ2n) is 12.6. The van der Waals surface area contributed by atoms with Crippen LogP contribution in [0.5, 0.6) is 0 Å². The van der Waals surface area contributed by atoms with Gasteiger partial charge < -0.3 is 26.4 Å². The van der Waals surface area contributed by atoms with Crippen molar-refractivity contribution in [3.63, 3.8) is 0 Å². The summed E-state index contributed by atoms with van der Waals surface area (Å²) in [5.41, 5.74) is 7.85. The summed E-state index contributed by atoms with van der Waals surface area (Å²) in [5, 5.41) is -1.58. The van der Waals surface area contributed by atoms with Crippen molar-refractivity contribution in [2.75, 3.05) is 31.9 Å². The number of carbonyl (C=O) groups is 2. The molecule has 23 heteroatoms. The molecule has 2 radical (unpaired) electrons. The molecule has 0 amide bonds. The second kappa shape index (κ2) is 28.1. The maximum absolute atomic E-state index is 12.7. The van der Waals surface area contributed by atoms with Crippen LogP contribution in [0.25, 0.3) is 0 Å². The number of halogens is 9. The molecule has 2 N–H and O–H groups in total. The van der Waals surface area contributed by atoms with E-state index in [2.05, 4.69) is 36.9 Å². The summed E-state index contributed by atoms with van der Waals surface area (Å²) in [4.78, 5) is 38.8.